The average molecular weight is 302 g/mol. The van der Waals surface area contributed by atoms with Gasteiger partial charge in [0.15, 0.2) is 0 Å². The van der Waals surface area contributed by atoms with E-state index in [0.29, 0.717) is 12.8 Å². The zero-order valence-electron chi connectivity index (χ0n) is 11.1. The second-order valence-electron chi connectivity index (χ2n) is 5.21. The van der Waals surface area contributed by atoms with Crippen LogP contribution in [0, 0.1) is 11.8 Å². The Morgan fingerprint density at radius 2 is 2.37 bits per heavy atom. The highest BCUT2D eigenvalue weighted by Crippen LogP contribution is 2.44. The Balaban J connectivity index is 2.08. The predicted octanol–water partition coefficient (Wildman–Crippen LogP) is 1.39. The van der Waals surface area contributed by atoms with Gasteiger partial charge in [0.1, 0.15) is 6.10 Å². The standard InChI is InChI=1S/C12H21BO4P2/c1-2-7(14)3-4-8-9-5-12(15)16-10(9)6-11(8)17-13(18)19/h3-4,7-11,14H,2,5-6,18-19H2,1H3/b4-3+/t7-,8+,9+,10-,11+/m0/s1. The summed E-state index contributed by atoms with van der Waals surface area (Å²) in [7, 11) is 5.18. The third kappa shape index (κ3) is 3.79. The summed E-state index contributed by atoms with van der Waals surface area (Å²) >= 11 is 0. The third-order valence-corrected chi connectivity index (χ3v) is 4.17. The van der Waals surface area contributed by atoms with Crippen LogP contribution in [0.4, 0.5) is 0 Å². The number of hydrogen-bond donors (Lipinski definition) is 1. The molecule has 2 unspecified atom stereocenters. The molecule has 0 aromatic heterocycles. The molecule has 0 spiro atoms. The van der Waals surface area contributed by atoms with Gasteiger partial charge in [0.05, 0.1) is 18.6 Å². The Hall–Kier alpha value is 0.0549. The molecular formula is C12H21BO4P2. The fourth-order valence-corrected chi connectivity index (χ4v) is 3.31. The van der Waals surface area contributed by atoms with E-state index in [9.17, 15) is 9.90 Å². The lowest BCUT2D eigenvalue weighted by Crippen LogP contribution is -2.24. The summed E-state index contributed by atoms with van der Waals surface area (Å²) in [5.74, 6) is 0.212. The topological polar surface area (TPSA) is 55.8 Å². The summed E-state index contributed by atoms with van der Waals surface area (Å²) in [6.45, 7) is 1.93. The van der Waals surface area contributed by atoms with Gasteiger partial charge in [0, 0.05) is 18.3 Å². The van der Waals surface area contributed by atoms with E-state index in [1.807, 2.05) is 19.1 Å². The van der Waals surface area contributed by atoms with Crippen molar-refractivity contribution in [1.29, 1.82) is 0 Å². The molecule has 0 amide bonds. The number of aliphatic hydroxyl groups is 1. The molecule has 19 heavy (non-hydrogen) atoms. The molecule has 2 fully saturated rings. The Kier molecular flexibility index (Phi) is 5.42. The number of hydrogen-bond acceptors (Lipinski definition) is 4. The van der Waals surface area contributed by atoms with Gasteiger partial charge in [-0.05, 0) is 6.42 Å². The molecule has 7 atom stereocenters. The van der Waals surface area contributed by atoms with Crippen LogP contribution in [0.1, 0.15) is 26.2 Å². The fraction of sp³-hybridized carbons (Fsp3) is 0.750. The smallest absolute Gasteiger partial charge is 0.336 e. The van der Waals surface area contributed by atoms with Gasteiger partial charge in [0.25, 0.3) is 0 Å². The fourth-order valence-electron chi connectivity index (χ4n) is 2.90. The molecule has 4 nitrogen and oxygen atoms in total. The minimum atomic E-state index is -0.430. The highest BCUT2D eigenvalue weighted by molar-refractivity contribution is 7.92. The van der Waals surface area contributed by atoms with Crippen LogP contribution in [-0.4, -0.2) is 35.7 Å². The number of ether oxygens (including phenoxy) is 1. The first kappa shape index (κ1) is 15.4. The van der Waals surface area contributed by atoms with Crippen LogP contribution >= 0.6 is 18.2 Å². The van der Waals surface area contributed by atoms with Crippen molar-refractivity contribution in [3.05, 3.63) is 12.2 Å². The van der Waals surface area contributed by atoms with Crippen molar-refractivity contribution < 1.29 is 19.3 Å². The molecule has 2 aliphatic rings. The van der Waals surface area contributed by atoms with Crippen LogP contribution in [0.3, 0.4) is 0 Å². The van der Waals surface area contributed by atoms with E-state index < -0.39 is 6.10 Å². The van der Waals surface area contributed by atoms with E-state index in [1.165, 1.54) is 0 Å². The van der Waals surface area contributed by atoms with E-state index in [1.54, 1.807) is 0 Å². The molecule has 7 heteroatoms. The van der Waals surface area contributed by atoms with Crippen LogP contribution < -0.4 is 0 Å². The number of carbonyl (C=O) groups is 1. The van der Waals surface area contributed by atoms with E-state index in [2.05, 4.69) is 18.2 Å². The van der Waals surface area contributed by atoms with E-state index in [-0.39, 0.29) is 36.4 Å². The number of carbonyl (C=O) groups excluding carboxylic acids is 1. The molecule has 1 aliphatic carbocycles. The number of aliphatic hydroxyl groups excluding tert-OH is 1. The number of rotatable bonds is 5. The molecular weight excluding hydrogens is 281 g/mol. The van der Waals surface area contributed by atoms with Crippen molar-refractivity contribution >= 4 is 30.6 Å². The van der Waals surface area contributed by atoms with Gasteiger partial charge in [0.2, 0.25) is 0 Å². The molecule has 0 radical (unpaired) electrons. The summed E-state index contributed by atoms with van der Waals surface area (Å²) < 4.78 is 11.2. The van der Waals surface area contributed by atoms with Gasteiger partial charge >= 0.3 is 12.3 Å². The maximum atomic E-state index is 11.4. The van der Waals surface area contributed by atoms with Gasteiger partial charge < -0.3 is 14.5 Å². The second kappa shape index (κ2) is 6.67. The number of fused-ring (bicyclic) bond motifs is 1. The first-order valence-corrected chi connectivity index (χ1v) is 8.07. The summed E-state index contributed by atoms with van der Waals surface area (Å²) in [5.41, 5.74) is 0. The highest BCUT2D eigenvalue weighted by Gasteiger charge is 2.49. The van der Waals surface area contributed by atoms with Crippen LogP contribution in [0.25, 0.3) is 0 Å². The monoisotopic (exact) mass is 302 g/mol. The first-order chi connectivity index (χ1) is 9.01. The van der Waals surface area contributed by atoms with Crippen LogP contribution in [-0.2, 0) is 14.2 Å². The quantitative estimate of drug-likeness (QED) is 0.361. The Labute approximate surface area is 119 Å². The molecule has 2 rings (SSSR count). The SMILES string of the molecule is CC[C@H](O)/C=C/[C@@H]1[C@H]2CC(=O)O[C@H]2C[C@H]1OB(P)P. The van der Waals surface area contributed by atoms with Crippen molar-refractivity contribution in [2.24, 2.45) is 11.8 Å². The lowest BCUT2D eigenvalue weighted by atomic mass is 9.91. The summed E-state index contributed by atoms with van der Waals surface area (Å²) in [4.78, 5) is 11.4. The van der Waals surface area contributed by atoms with Gasteiger partial charge in [-0.15, -0.1) is 18.2 Å². The second-order valence-corrected chi connectivity index (χ2v) is 7.29. The zero-order chi connectivity index (χ0) is 14.0. The minimum Gasteiger partial charge on any atom is -0.462 e. The van der Waals surface area contributed by atoms with E-state index >= 15 is 0 Å². The summed E-state index contributed by atoms with van der Waals surface area (Å²) in [6, 6.07) is 0. The molecule has 1 heterocycles. The summed E-state index contributed by atoms with van der Waals surface area (Å²) in [6.07, 6.45) is 5.28. The van der Waals surface area contributed by atoms with Crippen molar-refractivity contribution in [3.8, 4) is 0 Å². The van der Waals surface area contributed by atoms with Crippen LogP contribution in [0.15, 0.2) is 12.2 Å². The molecule has 1 N–H and O–H groups in total. The third-order valence-electron chi connectivity index (χ3n) is 3.86. The van der Waals surface area contributed by atoms with Gasteiger partial charge in [-0.3, -0.25) is 4.79 Å². The van der Waals surface area contributed by atoms with Crippen molar-refractivity contribution in [1.82, 2.24) is 0 Å². The molecule has 1 aliphatic heterocycles. The maximum Gasteiger partial charge on any atom is 0.336 e. The van der Waals surface area contributed by atoms with Crippen LogP contribution in [0.2, 0.25) is 0 Å². The van der Waals surface area contributed by atoms with Crippen molar-refractivity contribution in [2.75, 3.05) is 0 Å². The number of esters is 1. The van der Waals surface area contributed by atoms with Gasteiger partial charge in [-0.25, -0.2) is 0 Å². The Bertz CT molecular complexity index is 364. The molecule has 0 aromatic rings. The first-order valence-electron chi connectivity index (χ1n) is 6.73. The average Bonchev–Trinajstić information content (AvgIpc) is 2.81. The normalized spacial score (nSPS) is 35.5. The summed E-state index contributed by atoms with van der Waals surface area (Å²) in [5, 5.41) is 9.64. The molecule has 0 aromatic carbocycles. The van der Waals surface area contributed by atoms with Gasteiger partial charge in [-0.1, -0.05) is 19.1 Å². The Morgan fingerprint density at radius 3 is 3.00 bits per heavy atom. The molecule has 1 saturated heterocycles. The zero-order valence-corrected chi connectivity index (χ0v) is 13.4. The molecule has 106 valence electrons. The molecule has 0 bridgehead atoms. The van der Waals surface area contributed by atoms with Crippen molar-refractivity contribution in [2.45, 2.75) is 44.5 Å². The lowest BCUT2D eigenvalue weighted by Gasteiger charge is -2.22. The Morgan fingerprint density at radius 1 is 1.63 bits per heavy atom. The predicted molar refractivity (Wildman–Crippen MR) is 81.6 cm³/mol. The van der Waals surface area contributed by atoms with Gasteiger partial charge in [-0.2, -0.15) is 0 Å². The largest absolute Gasteiger partial charge is 0.462 e. The van der Waals surface area contributed by atoms with E-state index in [4.69, 9.17) is 9.39 Å². The minimum absolute atomic E-state index is 0.00785. The maximum absolute atomic E-state index is 11.4. The van der Waals surface area contributed by atoms with E-state index in [0.717, 1.165) is 6.42 Å². The highest BCUT2D eigenvalue weighted by atomic mass is 31.1. The van der Waals surface area contributed by atoms with Crippen molar-refractivity contribution in [3.63, 3.8) is 0 Å². The molecule has 1 saturated carbocycles. The van der Waals surface area contributed by atoms with Crippen LogP contribution in [0.5, 0.6) is 0 Å². The lowest BCUT2D eigenvalue weighted by molar-refractivity contribution is -0.141.